The summed E-state index contributed by atoms with van der Waals surface area (Å²) in [4.78, 5) is 11.3. The number of ether oxygens (including phenoxy) is 2. The molecule has 4 heteroatoms. The number of para-hydroxylation sites is 1. The van der Waals surface area contributed by atoms with Gasteiger partial charge in [-0.2, -0.15) is 0 Å². The van der Waals surface area contributed by atoms with E-state index in [2.05, 4.69) is 10.1 Å². The Balaban J connectivity index is 1.61. The van der Waals surface area contributed by atoms with Gasteiger partial charge in [-0.15, -0.1) is 0 Å². The van der Waals surface area contributed by atoms with Crippen LogP contribution in [0.2, 0.25) is 0 Å². The van der Waals surface area contributed by atoms with Crippen LogP contribution in [0.4, 0.5) is 0 Å². The lowest BCUT2D eigenvalue weighted by molar-refractivity contribution is 0.0600. The van der Waals surface area contributed by atoms with Crippen LogP contribution < -0.4 is 10.1 Å². The molecule has 0 heterocycles. The van der Waals surface area contributed by atoms with Gasteiger partial charge in [0.1, 0.15) is 5.75 Å². The molecule has 0 unspecified atom stereocenters. The predicted molar refractivity (Wildman–Crippen MR) is 86.0 cm³/mol. The summed E-state index contributed by atoms with van der Waals surface area (Å²) in [5.74, 6) is 0.596. The van der Waals surface area contributed by atoms with Crippen LogP contribution in [0.15, 0.2) is 54.6 Å². The summed E-state index contributed by atoms with van der Waals surface area (Å²) in [6.07, 6.45) is 0.940. The Morgan fingerprint density at radius 1 is 1.05 bits per heavy atom. The number of carbonyl (C=O) groups is 1. The summed E-state index contributed by atoms with van der Waals surface area (Å²) in [7, 11) is 1.38. The van der Waals surface area contributed by atoms with Crippen molar-refractivity contribution < 1.29 is 14.3 Å². The van der Waals surface area contributed by atoms with E-state index in [1.807, 2.05) is 42.5 Å². The second-order valence-electron chi connectivity index (χ2n) is 4.88. The molecule has 2 aromatic carbocycles. The molecule has 0 atom stereocenters. The van der Waals surface area contributed by atoms with E-state index in [4.69, 9.17) is 4.74 Å². The van der Waals surface area contributed by atoms with E-state index in [-0.39, 0.29) is 5.97 Å². The number of nitrogens with one attached hydrogen (secondary N) is 1. The van der Waals surface area contributed by atoms with E-state index in [0.29, 0.717) is 12.2 Å². The number of carbonyl (C=O) groups excluding carboxylic acids is 1. The number of hydrogen-bond donors (Lipinski definition) is 1. The standard InChI is InChI=1S/C18H21NO3/c1-21-18(20)16-10-8-15(9-11-16)14-19-12-5-13-22-17-6-3-2-4-7-17/h2-4,6-11,19H,5,12-14H2,1H3. The number of benzene rings is 2. The average molecular weight is 299 g/mol. The van der Waals surface area contributed by atoms with Crippen LogP contribution in [0.1, 0.15) is 22.3 Å². The molecule has 116 valence electrons. The van der Waals surface area contributed by atoms with E-state index in [9.17, 15) is 4.79 Å². The molecule has 0 saturated heterocycles. The van der Waals surface area contributed by atoms with Crippen molar-refractivity contribution in [3.63, 3.8) is 0 Å². The molecule has 0 spiro atoms. The predicted octanol–water partition coefficient (Wildman–Crippen LogP) is 3.03. The lowest BCUT2D eigenvalue weighted by Crippen LogP contribution is -2.17. The summed E-state index contributed by atoms with van der Waals surface area (Å²) in [6, 6.07) is 17.2. The molecule has 0 bridgehead atoms. The van der Waals surface area contributed by atoms with E-state index in [0.717, 1.165) is 30.8 Å². The minimum Gasteiger partial charge on any atom is -0.494 e. The first-order valence-electron chi connectivity index (χ1n) is 7.35. The van der Waals surface area contributed by atoms with E-state index < -0.39 is 0 Å². The number of methoxy groups -OCH3 is 1. The van der Waals surface area contributed by atoms with Crippen LogP contribution in [0.3, 0.4) is 0 Å². The maximum absolute atomic E-state index is 11.3. The first-order valence-corrected chi connectivity index (χ1v) is 7.35. The summed E-state index contributed by atoms with van der Waals surface area (Å²) in [5, 5.41) is 3.35. The summed E-state index contributed by atoms with van der Waals surface area (Å²) >= 11 is 0. The average Bonchev–Trinajstić information content (AvgIpc) is 2.58. The highest BCUT2D eigenvalue weighted by atomic mass is 16.5. The highest BCUT2D eigenvalue weighted by Crippen LogP contribution is 2.08. The topological polar surface area (TPSA) is 47.6 Å². The Morgan fingerprint density at radius 3 is 2.45 bits per heavy atom. The maximum Gasteiger partial charge on any atom is 0.337 e. The van der Waals surface area contributed by atoms with E-state index in [1.54, 1.807) is 12.1 Å². The van der Waals surface area contributed by atoms with E-state index in [1.165, 1.54) is 7.11 Å². The molecule has 2 rings (SSSR count). The molecule has 0 saturated carbocycles. The first-order chi connectivity index (χ1) is 10.8. The number of esters is 1. The zero-order chi connectivity index (χ0) is 15.6. The van der Waals surface area contributed by atoms with Crippen LogP contribution in [-0.4, -0.2) is 26.2 Å². The fourth-order valence-corrected chi connectivity index (χ4v) is 2.01. The third-order valence-electron chi connectivity index (χ3n) is 3.21. The molecule has 22 heavy (non-hydrogen) atoms. The minimum absolute atomic E-state index is 0.308. The molecule has 0 aliphatic carbocycles. The molecule has 0 aliphatic heterocycles. The molecule has 4 nitrogen and oxygen atoms in total. The second-order valence-corrected chi connectivity index (χ2v) is 4.88. The smallest absolute Gasteiger partial charge is 0.337 e. The van der Waals surface area contributed by atoms with Crippen molar-refractivity contribution in [3.05, 3.63) is 65.7 Å². The van der Waals surface area contributed by atoms with Crippen molar-refractivity contribution in [2.45, 2.75) is 13.0 Å². The molecular weight excluding hydrogens is 278 g/mol. The van der Waals surface area contributed by atoms with Crippen molar-refractivity contribution in [2.75, 3.05) is 20.3 Å². The Labute approximate surface area is 131 Å². The van der Waals surface area contributed by atoms with Gasteiger partial charge in [0, 0.05) is 6.54 Å². The van der Waals surface area contributed by atoms with E-state index >= 15 is 0 Å². The zero-order valence-corrected chi connectivity index (χ0v) is 12.7. The Kier molecular flexibility index (Phi) is 6.45. The zero-order valence-electron chi connectivity index (χ0n) is 12.7. The van der Waals surface area contributed by atoms with Gasteiger partial charge in [0.05, 0.1) is 19.3 Å². The molecule has 0 amide bonds. The van der Waals surface area contributed by atoms with Gasteiger partial charge in [-0.1, -0.05) is 30.3 Å². The van der Waals surface area contributed by atoms with Gasteiger partial charge in [-0.25, -0.2) is 4.79 Å². The van der Waals surface area contributed by atoms with Gasteiger partial charge in [-0.3, -0.25) is 0 Å². The van der Waals surface area contributed by atoms with Crippen LogP contribution in [0.5, 0.6) is 5.75 Å². The van der Waals surface area contributed by atoms with Gasteiger partial charge < -0.3 is 14.8 Å². The Morgan fingerprint density at radius 2 is 1.77 bits per heavy atom. The largest absolute Gasteiger partial charge is 0.494 e. The Hall–Kier alpha value is -2.33. The van der Waals surface area contributed by atoms with Crippen LogP contribution in [0, 0.1) is 0 Å². The molecule has 0 aromatic heterocycles. The molecular formula is C18H21NO3. The normalized spacial score (nSPS) is 10.2. The quantitative estimate of drug-likeness (QED) is 0.601. The van der Waals surface area contributed by atoms with Gasteiger partial charge in [-0.05, 0) is 42.8 Å². The summed E-state index contributed by atoms with van der Waals surface area (Å²) in [5.41, 5.74) is 1.71. The van der Waals surface area contributed by atoms with Crippen molar-refractivity contribution >= 4 is 5.97 Å². The lowest BCUT2D eigenvalue weighted by atomic mass is 10.1. The van der Waals surface area contributed by atoms with Gasteiger partial charge >= 0.3 is 5.97 Å². The van der Waals surface area contributed by atoms with Gasteiger partial charge in [0.2, 0.25) is 0 Å². The lowest BCUT2D eigenvalue weighted by Gasteiger charge is -2.07. The highest BCUT2D eigenvalue weighted by molar-refractivity contribution is 5.89. The van der Waals surface area contributed by atoms with Crippen molar-refractivity contribution in [2.24, 2.45) is 0 Å². The van der Waals surface area contributed by atoms with Gasteiger partial charge in [0.15, 0.2) is 0 Å². The fourth-order valence-electron chi connectivity index (χ4n) is 2.01. The van der Waals surface area contributed by atoms with Crippen molar-refractivity contribution in [1.82, 2.24) is 5.32 Å². The molecule has 0 radical (unpaired) electrons. The molecule has 1 N–H and O–H groups in total. The van der Waals surface area contributed by atoms with Crippen LogP contribution >= 0.6 is 0 Å². The third-order valence-corrected chi connectivity index (χ3v) is 3.21. The molecule has 0 aliphatic rings. The third kappa shape index (κ3) is 5.22. The van der Waals surface area contributed by atoms with Crippen molar-refractivity contribution in [1.29, 1.82) is 0 Å². The number of rotatable bonds is 8. The SMILES string of the molecule is COC(=O)c1ccc(CNCCCOc2ccccc2)cc1. The highest BCUT2D eigenvalue weighted by Gasteiger charge is 2.03. The first kappa shape index (κ1) is 16.0. The Bertz CT molecular complexity index is 567. The molecule has 0 fully saturated rings. The second kappa shape index (κ2) is 8.85. The molecule has 2 aromatic rings. The monoisotopic (exact) mass is 299 g/mol. The fraction of sp³-hybridized carbons (Fsp3) is 0.278. The van der Waals surface area contributed by atoms with Crippen LogP contribution in [0.25, 0.3) is 0 Å². The summed E-state index contributed by atoms with van der Waals surface area (Å²) < 4.78 is 10.3. The van der Waals surface area contributed by atoms with Gasteiger partial charge in [0.25, 0.3) is 0 Å². The maximum atomic E-state index is 11.3. The summed E-state index contributed by atoms with van der Waals surface area (Å²) in [6.45, 7) is 2.34. The minimum atomic E-state index is -0.308. The number of hydrogen-bond acceptors (Lipinski definition) is 4. The van der Waals surface area contributed by atoms with Crippen LogP contribution in [-0.2, 0) is 11.3 Å². The van der Waals surface area contributed by atoms with Crippen molar-refractivity contribution in [3.8, 4) is 5.75 Å².